The van der Waals surface area contributed by atoms with Gasteiger partial charge in [0.05, 0.1) is 0 Å². The second-order valence-electron chi connectivity index (χ2n) is 7.12. The summed E-state index contributed by atoms with van der Waals surface area (Å²) in [5.74, 6) is 0.409. The molecule has 2 N–H and O–H groups in total. The van der Waals surface area contributed by atoms with E-state index in [2.05, 4.69) is 6.07 Å². The van der Waals surface area contributed by atoms with Crippen LogP contribution in [0.2, 0.25) is 0 Å². The number of fused-ring (bicyclic) bond motifs is 1. The summed E-state index contributed by atoms with van der Waals surface area (Å²) in [7, 11) is 0. The average molecular weight is 361 g/mol. The van der Waals surface area contributed by atoms with E-state index in [1.807, 2.05) is 38.1 Å². The van der Waals surface area contributed by atoms with E-state index < -0.39 is 19.1 Å². The van der Waals surface area contributed by atoms with Crippen LogP contribution in [0.3, 0.4) is 0 Å². The Morgan fingerprint density at radius 1 is 1.19 bits per heavy atom. The van der Waals surface area contributed by atoms with Gasteiger partial charge in [0.1, 0.15) is 18.5 Å². The molecule has 26 heavy (non-hydrogen) atoms. The van der Waals surface area contributed by atoms with Crippen molar-refractivity contribution in [1.82, 2.24) is 0 Å². The highest BCUT2D eigenvalue weighted by Crippen LogP contribution is 2.48. The van der Waals surface area contributed by atoms with Crippen molar-refractivity contribution in [3.63, 3.8) is 0 Å². The number of hydrogen-bond acceptors (Lipinski definition) is 3. The lowest BCUT2D eigenvalue weighted by molar-refractivity contribution is 0.0392. The minimum atomic E-state index is -2.50. The van der Waals surface area contributed by atoms with Gasteiger partial charge in [0.15, 0.2) is 0 Å². The SMILES string of the molecule is CC1(C)Cc2cc(-c3ccc(OCC(F)F)cc3)ccc2C1OC(N)=O. The predicted octanol–water partition coefficient (Wildman–Crippen LogP) is 4.72. The summed E-state index contributed by atoms with van der Waals surface area (Å²) >= 11 is 0. The number of amides is 1. The van der Waals surface area contributed by atoms with E-state index in [0.717, 1.165) is 28.7 Å². The van der Waals surface area contributed by atoms with Crippen LogP contribution in [0.15, 0.2) is 42.5 Å². The Kier molecular flexibility index (Phi) is 4.85. The van der Waals surface area contributed by atoms with Gasteiger partial charge >= 0.3 is 6.09 Å². The largest absolute Gasteiger partial charge is 0.488 e. The lowest BCUT2D eigenvalue weighted by Gasteiger charge is -2.26. The predicted molar refractivity (Wildman–Crippen MR) is 94.3 cm³/mol. The quantitative estimate of drug-likeness (QED) is 0.838. The smallest absolute Gasteiger partial charge is 0.405 e. The highest BCUT2D eigenvalue weighted by Gasteiger charge is 2.41. The fourth-order valence-electron chi connectivity index (χ4n) is 3.44. The highest BCUT2D eigenvalue weighted by molar-refractivity contribution is 5.68. The topological polar surface area (TPSA) is 61.6 Å². The molecule has 1 aliphatic rings. The van der Waals surface area contributed by atoms with E-state index in [4.69, 9.17) is 15.2 Å². The third-order valence-corrected chi connectivity index (χ3v) is 4.58. The van der Waals surface area contributed by atoms with Crippen LogP contribution in [0.25, 0.3) is 11.1 Å². The van der Waals surface area contributed by atoms with Gasteiger partial charge in [0.2, 0.25) is 0 Å². The number of halogens is 2. The van der Waals surface area contributed by atoms with Crippen LogP contribution in [0, 0.1) is 5.41 Å². The second kappa shape index (κ2) is 6.94. The molecule has 0 spiro atoms. The molecule has 2 aromatic carbocycles. The number of hydrogen-bond donors (Lipinski definition) is 1. The van der Waals surface area contributed by atoms with Crippen LogP contribution in [-0.2, 0) is 11.2 Å². The van der Waals surface area contributed by atoms with Crippen molar-refractivity contribution in [3.05, 3.63) is 53.6 Å². The first-order valence-electron chi connectivity index (χ1n) is 8.36. The molecular weight excluding hydrogens is 340 g/mol. The van der Waals surface area contributed by atoms with E-state index in [0.29, 0.717) is 5.75 Å². The van der Waals surface area contributed by atoms with E-state index in [9.17, 15) is 13.6 Å². The van der Waals surface area contributed by atoms with Gasteiger partial charge < -0.3 is 15.2 Å². The van der Waals surface area contributed by atoms with Gasteiger partial charge in [-0.2, -0.15) is 0 Å². The first-order valence-corrected chi connectivity index (χ1v) is 8.36. The second-order valence-corrected chi connectivity index (χ2v) is 7.12. The zero-order valence-corrected chi connectivity index (χ0v) is 14.7. The summed E-state index contributed by atoms with van der Waals surface area (Å²) < 4.78 is 34.7. The average Bonchev–Trinajstić information content (AvgIpc) is 2.82. The van der Waals surface area contributed by atoms with E-state index in [1.165, 1.54) is 0 Å². The van der Waals surface area contributed by atoms with Gasteiger partial charge in [-0.05, 0) is 40.8 Å². The van der Waals surface area contributed by atoms with Crippen LogP contribution in [-0.4, -0.2) is 19.1 Å². The molecule has 1 aliphatic carbocycles. The Bertz CT molecular complexity index is 803. The lowest BCUT2D eigenvalue weighted by Crippen LogP contribution is -2.25. The Morgan fingerprint density at radius 3 is 2.46 bits per heavy atom. The van der Waals surface area contributed by atoms with E-state index >= 15 is 0 Å². The van der Waals surface area contributed by atoms with Gasteiger partial charge in [-0.1, -0.05) is 44.2 Å². The molecule has 0 aromatic heterocycles. The third kappa shape index (κ3) is 3.79. The van der Waals surface area contributed by atoms with E-state index in [1.54, 1.807) is 12.1 Å². The highest BCUT2D eigenvalue weighted by atomic mass is 19.3. The molecular formula is C20H21F2NO3. The summed E-state index contributed by atoms with van der Waals surface area (Å²) in [5, 5.41) is 0. The maximum absolute atomic E-state index is 12.2. The first kappa shape index (κ1) is 18.2. The summed E-state index contributed by atoms with van der Waals surface area (Å²) in [6, 6.07) is 13.0. The van der Waals surface area contributed by atoms with Gasteiger partial charge in [0.25, 0.3) is 6.43 Å². The molecule has 0 aliphatic heterocycles. The van der Waals surface area contributed by atoms with Crippen molar-refractivity contribution in [2.45, 2.75) is 32.8 Å². The lowest BCUT2D eigenvalue weighted by atomic mass is 9.87. The maximum Gasteiger partial charge on any atom is 0.405 e. The molecule has 1 amide bonds. The van der Waals surface area contributed by atoms with Crippen molar-refractivity contribution in [3.8, 4) is 16.9 Å². The molecule has 0 radical (unpaired) electrons. The van der Waals surface area contributed by atoms with E-state index in [-0.39, 0.29) is 11.5 Å². The van der Waals surface area contributed by atoms with Crippen LogP contribution < -0.4 is 10.5 Å². The molecule has 2 aromatic rings. The number of alkyl halides is 2. The summed E-state index contributed by atoms with van der Waals surface area (Å²) in [6.45, 7) is 3.46. The molecule has 3 rings (SSSR count). The molecule has 0 heterocycles. The minimum absolute atomic E-state index is 0.233. The van der Waals surface area contributed by atoms with Crippen molar-refractivity contribution >= 4 is 6.09 Å². The van der Waals surface area contributed by atoms with Gasteiger partial charge in [0, 0.05) is 5.41 Å². The van der Waals surface area contributed by atoms with Crippen LogP contribution in [0.4, 0.5) is 13.6 Å². The molecule has 4 nitrogen and oxygen atoms in total. The zero-order chi connectivity index (χ0) is 18.9. The molecule has 0 bridgehead atoms. The maximum atomic E-state index is 12.2. The standard InChI is InChI=1S/C20H21F2NO3/c1-20(2)10-14-9-13(5-8-16(14)18(20)26-19(23)24)12-3-6-15(7-4-12)25-11-17(21)22/h3-9,17-18H,10-11H2,1-2H3,(H2,23,24). The van der Waals surface area contributed by atoms with Gasteiger partial charge in [-0.3, -0.25) is 0 Å². The number of nitrogens with two attached hydrogens (primary N) is 1. The number of rotatable bonds is 5. The van der Waals surface area contributed by atoms with Crippen LogP contribution in [0.5, 0.6) is 5.75 Å². The monoisotopic (exact) mass is 361 g/mol. The summed E-state index contributed by atoms with van der Waals surface area (Å²) in [5.41, 5.74) is 9.00. The van der Waals surface area contributed by atoms with Crippen molar-refractivity contribution in [2.75, 3.05) is 6.61 Å². The Balaban J connectivity index is 1.83. The minimum Gasteiger partial charge on any atom is -0.488 e. The Hall–Kier alpha value is -2.63. The number of benzene rings is 2. The van der Waals surface area contributed by atoms with Gasteiger partial charge in [-0.15, -0.1) is 0 Å². The normalized spacial score (nSPS) is 17.8. The first-order chi connectivity index (χ1) is 12.3. The molecule has 1 atom stereocenters. The number of primary amides is 1. The molecule has 0 saturated carbocycles. The van der Waals surface area contributed by atoms with Crippen LogP contribution >= 0.6 is 0 Å². The molecule has 6 heteroatoms. The Morgan fingerprint density at radius 2 is 1.85 bits per heavy atom. The Labute approximate surface area is 150 Å². The van der Waals surface area contributed by atoms with Crippen molar-refractivity contribution < 1.29 is 23.0 Å². The molecule has 0 fully saturated rings. The molecule has 138 valence electrons. The molecule has 1 unspecified atom stereocenters. The number of carbonyl (C=O) groups excluding carboxylic acids is 1. The fraction of sp³-hybridized carbons (Fsp3) is 0.350. The number of carbonyl (C=O) groups is 1. The zero-order valence-electron chi connectivity index (χ0n) is 14.7. The number of ether oxygens (including phenoxy) is 2. The van der Waals surface area contributed by atoms with Crippen LogP contribution in [0.1, 0.15) is 31.1 Å². The van der Waals surface area contributed by atoms with Crippen molar-refractivity contribution in [2.24, 2.45) is 11.1 Å². The van der Waals surface area contributed by atoms with Gasteiger partial charge in [-0.25, -0.2) is 13.6 Å². The fourth-order valence-corrected chi connectivity index (χ4v) is 3.44. The molecule has 0 saturated heterocycles. The summed E-state index contributed by atoms with van der Waals surface area (Å²) in [6.07, 6.45) is -2.87. The third-order valence-electron chi connectivity index (χ3n) is 4.58. The van der Waals surface area contributed by atoms with Crippen molar-refractivity contribution in [1.29, 1.82) is 0 Å². The summed E-state index contributed by atoms with van der Waals surface area (Å²) in [4.78, 5) is 11.2.